The van der Waals surface area contributed by atoms with E-state index < -0.39 is 0 Å². The summed E-state index contributed by atoms with van der Waals surface area (Å²) in [5.74, 6) is 5.73. The van der Waals surface area contributed by atoms with Crippen LogP contribution in [0, 0.1) is 52.3 Å². The van der Waals surface area contributed by atoms with Gasteiger partial charge in [0.2, 0.25) is 0 Å². The number of rotatable bonds is 2. The van der Waals surface area contributed by atoms with Crippen LogP contribution in [0.4, 0.5) is 0 Å². The van der Waals surface area contributed by atoms with Crippen LogP contribution in [0.3, 0.4) is 0 Å². The summed E-state index contributed by atoms with van der Waals surface area (Å²) in [6.07, 6.45) is 14.0. The standard InChI is InChI=1S/C28H46O3/c1-16-12-24(30-15-16)26-17(2)25-23(31-26)14-22-20-7-6-18-13-19(29-5)8-10-27(18,3)21(20)9-11-28(22,25)4/h16-26H,6-15H2,1-5H3/t16-,17+,18+,19+,20-,21+,22+,23+,24+,25+,26+,27+,28+/m1/s1. The molecule has 13 atom stereocenters. The quantitative estimate of drug-likeness (QED) is 0.530. The molecule has 0 unspecified atom stereocenters. The summed E-state index contributed by atoms with van der Waals surface area (Å²) in [6, 6.07) is 0. The second-order valence-electron chi connectivity index (χ2n) is 13.3. The molecule has 6 fully saturated rings. The van der Waals surface area contributed by atoms with Crippen molar-refractivity contribution in [3.05, 3.63) is 0 Å². The van der Waals surface area contributed by atoms with Crippen molar-refractivity contribution in [2.24, 2.45) is 52.3 Å². The Kier molecular flexibility index (Phi) is 5.14. The Bertz CT molecular complexity index is 694. The second kappa shape index (κ2) is 7.44. The van der Waals surface area contributed by atoms with Crippen LogP contribution in [0.25, 0.3) is 0 Å². The number of hydrogen-bond acceptors (Lipinski definition) is 3. The van der Waals surface area contributed by atoms with Crippen molar-refractivity contribution in [3.8, 4) is 0 Å². The summed E-state index contributed by atoms with van der Waals surface area (Å²) in [5.41, 5.74) is 1.04. The summed E-state index contributed by atoms with van der Waals surface area (Å²) < 4.78 is 18.9. The molecule has 2 heterocycles. The van der Waals surface area contributed by atoms with Gasteiger partial charge in [-0.25, -0.2) is 0 Å². The first-order valence-electron chi connectivity index (χ1n) is 13.6. The highest BCUT2D eigenvalue weighted by Crippen LogP contribution is 2.70. The van der Waals surface area contributed by atoms with E-state index in [0.29, 0.717) is 47.1 Å². The van der Waals surface area contributed by atoms with Crippen LogP contribution in [0.15, 0.2) is 0 Å². The molecule has 0 spiro atoms. The van der Waals surface area contributed by atoms with Crippen molar-refractivity contribution >= 4 is 0 Å². The number of methoxy groups -OCH3 is 1. The third kappa shape index (κ3) is 3.01. The third-order valence-electron chi connectivity index (χ3n) is 12.0. The lowest BCUT2D eigenvalue weighted by molar-refractivity contribution is -0.135. The van der Waals surface area contributed by atoms with Crippen LogP contribution < -0.4 is 0 Å². The van der Waals surface area contributed by atoms with E-state index in [9.17, 15) is 0 Å². The van der Waals surface area contributed by atoms with Crippen molar-refractivity contribution in [1.82, 2.24) is 0 Å². The van der Waals surface area contributed by atoms with E-state index in [2.05, 4.69) is 27.7 Å². The molecule has 0 aromatic carbocycles. The molecule has 31 heavy (non-hydrogen) atoms. The summed E-state index contributed by atoms with van der Waals surface area (Å²) in [6.45, 7) is 11.1. The highest BCUT2D eigenvalue weighted by molar-refractivity contribution is 5.14. The molecule has 6 rings (SSSR count). The lowest BCUT2D eigenvalue weighted by atomic mass is 9.44. The molecule has 4 aliphatic carbocycles. The van der Waals surface area contributed by atoms with Gasteiger partial charge < -0.3 is 14.2 Å². The van der Waals surface area contributed by atoms with E-state index in [-0.39, 0.29) is 0 Å². The molecule has 0 amide bonds. The predicted molar refractivity (Wildman–Crippen MR) is 123 cm³/mol. The van der Waals surface area contributed by atoms with Gasteiger partial charge in [0, 0.05) is 13.7 Å². The van der Waals surface area contributed by atoms with Gasteiger partial charge in [-0.15, -0.1) is 0 Å². The maximum Gasteiger partial charge on any atom is 0.0869 e. The molecule has 2 aliphatic heterocycles. The lowest BCUT2D eigenvalue weighted by Crippen LogP contribution is -2.54. The van der Waals surface area contributed by atoms with Gasteiger partial charge in [0.25, 0.3) is 0 Å². The second-order valence-corrected chi connectivity index (χ2v) is 13.3. The lowest BCUT2D eigenvalue weighted by Gasteiger charge is -2.61. The Morgan fingerprint density at radius 2 is 1.65 bits per heavy atom. The third-order valence-corrected chi connectivity index (χ3v) is 12.0. The summed E-state index contributed by atoms with van der Waals surface area (Å²) in [5, 5.41) is 0. The molecular weight excluding hydrogens is 384 g/mol. The van der Waals surface area contributed by atoms with E-state index in [1.54, 1.807) is 0 Å². The van der Waals surface area contributed by atoms with Gasteiger partial charge in [-0.2, -0.15) is 0 Å². The Balaban J connectivity index is 1.22. The maximum absolute atomic E-state index is 6.89. The summed E-state index contributed by atoms with van der Waals surface area (Å²) in [7, 11) is 1.92. The van der Waals surface area contributed by atoms with Crippen LogP contribution >= 0.6 is 0 Å². The molecule has 0 bridgehead atoms. The van der Waals surface area contributed by atoms with Gasteiger partial charge in [-0.1, -0.05) is 27.7 Å². The van der Waals surface area contributed by atoms with E-state index in [0.717, 1.165) is 36.2 Å². The average molecular weight is 431 g/mol. The first-order chi connectivity index (χ1) is 14.8. The first-order valence-corrected chi connectivity index (χ1v) is 13.6. The highest BCUT2D eigenvalue weighted by Gasteiger charge is 2.66. The summed E-state index contributed by atoms with van der Waals surface area (Å²) >= 11 is 0. The van der Waals surface area contributed by atoms with Gasteiger partial charge in [-0.05, 0) is 110 Å². The number of ether oxygens (including phenoxy) is 3. The topological polar surface area (TPSA) is 27.7 Å². The molecule has 0 aromatic heterocycles. The Morgan fingerprint density at radius 3 is 2.39 bits per heavy atom. The monoisotopic (exact) mass is 430 g/mol. The van der Waals surface area contributed by atoms with Crippen LogP contribution in [-0.4, -0.2) is 38.1 Å². The van der Waals surface area contributed by atoms with E-state index >= 15 is 0 Å². The number of hydrogen-bond donors (Lipinski definition) is 0. The van der Waals surface area contributed by atoms with Crippen molar-refractivity contribution in [3.63, 3.8) is 0 Å². The normalized spacial score (nSPS) is 60.9. The van der Waals surface area contributed by atoms with Crippen molar-refractivity contribution in [2.45, 2.75) is 110 Å². The van der Waals surface area contributed by atoms with Crippen LogP contribution in [0.1, 0.15) is 85.5 Å². The molecule has 0 radical (unpaired) electrons. The SMILES string of the molecule is CO[C@H]1CC[C@@]2(C)[C@@H](CC[C@@H]3[C@@H]2CC[C@]2(C)[C@H]4[C@H](C)[C@@H]([C@@H]5C[C@@H](C)CO5)O[C@H]4C[C@@H]32)C1. The molecule has 3 heteroatoms. The van der Waals surface area contributed by atoms with Gasteiger partial charge in [0.1, 0.15) is 0 Å². The van der Waals surface area contributed by atoms with Crippen LogP contribution in [0.5, 0.6) is 0 Å². The molecular formula is C28H46O3. The Morgan fingerprint density at radius 1 is 0.839 bits per heavy atom. The predicted octanol–water partition coefficient (Wildman–Crippen LogP) is 6.10. The van der Waals surface area contributed by atoms with Crippen LogP contribution in [-0.2, 0) is 14.2 Å². The highest BCUT2D eigenvalue weighted by atomic mass is 16.6. The fourth-order valence-corrected chi connectivity index (χ4v) is 10.5. The summed E-state index contributed by atoms with van der Waals surface area (Å²) in [4.78, 5) is 0. The minimum absolute atomic E-state index is 0.341. The fraction of sp³-hybridized carbons (Fsp3) is 1.00. The Hall–Kier alpha value is -0.120. The first kappa shape index (κ1) is 21.4. The molecule has 4 saturated carbocycles. The zero-order valence-corrected chi connectivity index (χ0v) is 20.6. The van der Waals surface area contributed by atoms with Crippen molar-refractivity contribution in [1.29, 1.82) is 0 Å². The molecule has 2 saturated heterocycles. The van der Waals surface area contributed by atoms with Crippen molar-refractivity contribution < 1.29 is 14.2 Å². The number of fused-ring (bicyclic) bond motifs is 7. The largest absolute Gasteiger partial charge is 0.381 e. The fourth-order valence-electron chi connectivity index (χ4n) is 10.5. The molecule has 3 nitrogen and oxygen atoms in total. The van der Waals surface area contributed by atoms with E-state index in [1.165, 1.54) is 57.8 Å². The van der Waals surface area contributed by atoms with E-state index in [4.69, 9.17) is 14.2 Å². The minimum atomic E-state index is 0.341. The minimum Gasteiger partial charge on any atom is -0.381 e. The van der Waals surface area contributed by atoms with Gasteiger partial charge in [-0.3, -0.25) is 0 Å². The average Bonchev–Trinajstić information content (AvgIpc) is 3.40. The molecule has 176 valence electrons. The van der Waals surface area contributed by atoms with Gasteiger partial charge in [0.15, 0.2) is 0 Å². The van der Waals surface area contributed by atoms with Crippen LogP contribution in [0.2, 0.25) is 0 Å². The smallest absolute Gasteiger partial charge is 0.0869 e. The van der Waals surface area contributed by atoms with Gasteiger partial charge in [0.05, 0.1) is 24.4 Å². The molecule has 0 N–H and O–H groups in total. The molecule has 6 aliphatic rings. The zero-order valence-electron chi connectivity index (χ0n) is 20.6. The Labute approximate surface area is 190 Å². The van der Waals surface area contributed by atoms with Gasteiger partial charge >= 0.3 is 0 Å². The zero-order chi connectivity index (χ0) is 21.5. The molecule has 0 aromatic rings. The maximum atomic E-state index is 6.89. The van der Waals surface area contributed by atoms with E-state index in [1.807, 2.05) is 7.11 Å². The van der Waals surface area contributed by atoms with Crippen molar-refractivity contribution in [2.75, 3.05) is 13.7 Å².